The molecular weight excluding hydrogens is 483 g/mol. The smallest absolute Gasteiger partial charge is 0.283 e. The van der Waals surface area contributed by atoms with Crippen LogP contribution in [0, 0.1) is 0 Å². The molecule has 2 aromatic carbocycles. The molecule has 4 heterocycles. The van der Waals surface area contributed by atoms with E-state index in [1.54, 1.807) is 18.5 Å². The lowest BCUT2D eigenvalue weighted by Gasteiger charge is -2.20. The molecule has 8 nitrogen and oxygen atoms in total. The van der Waals surface area contributed by atoms with E-state index in [-0.39, 0.29) is 5.91 Å². The number of aryl methyl sites for hydroxylation is 1. The highest BCUT2D eigenvalue weighted by molar-refractivity contribution is 6.09. The number of carbonyl (C=O) groups excluding carboxylic acids is 2. The van der Waals surface area contributed by atoms with Crippen molar-refractivity contribution in [2.45, 2.75) is 19.3 Å². The highest BCUT2D eigenvalue weighted by Crippen LogP contribution is 2.44. The summed E-state index contributed by atoms with van der Waals surface area (Å²) in [6.45, 7) is 5.34. The predicted molar refractivity (Wildman–Crippen MR) is 146 cm³/mol. The van der Waals surface area contributed by atoms with Gasteiger partial charge in [0.1, 0.15) is 17.8 Å². The second-order valence-corrected chi connectivity index (χ2v) is 9.69. The Balaban J connectivity index is 1.50. The van der Waals surface area contributed by atoms with Crippen LogP contribution in [-0.4, -0.2) is 50.9 Å². The molecule has 1 saturated heterocycles. The van der Waals surface area contributed by atoms with Crippen LogP contribution in [0.15, 0.2) is 61.2 Å². The SMILES string of the molecule is C=C(F)C(=O)Nc1ccc(-c2c3c4c(ncnc4n2C)NCCc2cc(C(=O)N4CCCC4)ccc2-3)cc1. The van der Waals surface area contributed by atoms with Crippen molar-refractivity contribution in [3.8, 4) is 22.4 Å². The van der Waals surface area contributed by atoms with Gasteiger partial charge in [-0.3, -0.25) is 9.59 Å². The molecule has 2 amide bonds. The van der Waals surface area contributed by atoms with Crippen LogP contribution in [0.2, 0.25) is 0 Å². The molecule has 2 aliphatic rings. The maximum Gasteiger partial charge on any atom is 0.283 e. The van der Waals surface area contributed by atoms with Gasteiger partial charge in [-0.2, -0.15) is 0 Å². The molecule has 2 aromatic heterocycles. The summed E-state index contributed by atoms with van der Waals surface area (Å²) in [7, 11) is 1.96. The maximum atomic E-state index is 13.2. The Bertz CT molecular complexity index is 1600. The lowest BCUT2D eigenvalue weighted by Crippen LogP contribution is -2.27. The Morgan fingerprint density at radius 3 is 2.58 bits per heavy atom. The van der Waals surface area contributed by atoms with Crippen molar-refractivity contribution >= 4 is 34.4 Å². The van der Waals surface area contributed by atoms with Crippen molar-refractivity contribution in [3.63, 3.8) is 0 Å². The number of carbonyl (C=O) groups is 2. The van der Waals surface area contributed by atoms with E-state index in [0.29, 0.717) is 17.8 Å². The van der Waals surface area contributed by atoms with E-state index in [1.165, 1.54) is 0 Å². The minimum Gasteiger partial charge on any atom is -0.369 e. The minimum atomic E-state index is -1.04. The number of benzene rings is 2. The maximum absolute atomic E-state index is 13.2. The number of anilines is 2. The Morgan fingerprint density at radius 2 is 1.84 bits per heavy atom. The summed E-state index contributed by atoms with van der Waals surface area (Å²) in [5, 5.41) is 6.86. The molecule has 0 saturated carbocycles. The number of amides is 2. The molecule has 1 fully saturated rings. The molecule has 0 spiro atoms. The molecule has 9 heteroatoms. The first-order chi connectivity index (χ1) is 18.4. The molecule has 2 aliphatic heterocycles. The Morgan fingerprint density at radius 1 is 1.08 bits per heavy atom. The van der Waals surface area contributed by atoms with Crippen LogP contribution in [0.3, 0.4) is 0 Å². The molecule has 0 bridgehead atoms. The standard InChI is InChI=1S/C29H27FN6O2/c1-17(30)28(37)34-21-8-5-18(6-9-21)25-23-22-10-7-20(29(38)36-13-3-4-14-36)15-19(22)11-12-31-26-24(23)27(35(25)2)33-16-32-26/h5-10,15-16H,1,3-4,11-14H2,2H3,(H,34,37)(H,31,32,33). The van der Waals surface area contributed by atoms with Crippen molar-refractivity contribution in [1.29, 1.82) is 0 Å². The normalized spacial score (nSPS) is 14.4. The van der Waals surface area contributed by atoms with E-state index in [9.17, 15) is 14.0 Å². The number of hydrogen-bond acceptors (Lipinski definition) is 5. The zero-order valence-electron chi connectivity index (χ0n) is 21.1. The van der Waals surface area contributed by atoms with E-state index >= 15 is 0 Å². The van der Waals surface area contributed by atoms with Crippen LogP contribution in [0.1, 0.15) is 28.8 Å². The van der Waals surface area contributed by atoms with Gasteiger partial charge < -0.3 is 20.1 Å². The highest BCUT2D eigenvalue weighted by Gasteiger charge is 2.27. The summed E-state index contributed by atoms with van der Waals surface area (Å²) < 4.78 is 15.2. The van der Waals surface area contributed by atoms with E-state index in [4.69, 9.17) is 0 Å². The largest absolute Gasteiger partial charge is 0.369 e. The lowest BCUT2D eigenvalue weighted by molar-refractivity contribution is -0.114. The summed E-state index contributed by atoms with van der Waals surface area (Å²) in [4.78, 5) is 35.9. The lowest BCUT2D eigenvalue weighted by atomic mass is 9.91. The van der Waals surface area contributed by atoms with E-state index in [0.717, 1.165) is 77.2 Å². The number of hydrogen-bond donors (Lipinski definition) is 2. The van der Waals surface area contributed by atoms with E-state index in [2.05, 4.69) is 27.2 Å². The first kappa shape index (κ1) is 23.8. The van der Waals surface area contributed by atoms with Gasteiger partial charge in [-0.1, -0.05) is 24.8 Å². The fourth-order valence-electron chi connectivity index (χ4n) is 5.49. The molecule has 6 rings (SSSR count). The molecule has 2 N–H and O–H groups in total. The molecular formula is C29H27FN6O2. The van der Waals surface area contributed by atoms with Crippen molar-refractivity contribution in [1.82, 2.24) is 19.4 Å². The van der Waals surface area contributed by atoms with E-state index < -0.39 is 11.7 Å². The van der Waals surface area contributed by atoms with Crippen LogP contribution in [0.4, 0.5) is 15.9 Å². The first-order valence-corrected chi connectivity index (χ1v) is 12.7. The summed E-state index contributed by atoms with van der Waals surface area (Å²) in [6.07, 6.45) is 4.39. The molecule has 0 aliphatic carbocycles. The van der Waals surface area contributed by atoms with Gasteiger partial charge in [0.15, 0.2) is 5.83 Å². The average Bonchev–Trinajstić information content (AvgIpc) is 3.55. The molecule has 192 valence electrons. The second kappa shape index (κ2) is 9.41. The number of rotatable bonds is 4. The van der Waals surface area contributed by atoms with Gasteiger partial charge in [0, 0.05) is 43.5 Å². The monoisotopic (exact) mass is 510 g/mol. The third-order valence-electron chi connectivity index (χ3n) is 7.33. The van der Waals surface area contributed by atoms with Crippen LogP contribution >= 0.6 is 0 Å². The molecule has 38 heavy (non-hydrogen) atoms. The first-order valence-electron chi connectivity index (χ1n) is 12.7. The number of aromatic nitrogens is 3. The zero-order valence-corrected chi connectivity index (χ0v) is 21.1. The van der Waals surface area contributed by atoms with Gasteiger partial charge in [-0.25, -0.2) is 14.4 Å². The highest BCUT2D eigenvalue weighted by atomic mass is 19.1. The third-order valence-corrected chi connectivity index (χ3v) is 7.33. The molecule has 0 unspecified atom stereocenters. The van der Waals surface area contributed by atoms with Crippen molar-refractivity contribution < 1.29 is 14.0 Å². The number of nitrogens with zero attached hydrogens (tertiary/aromatic N) is 4. The average molecular weight is 511 g/mol. The van der Waals surface area contributed by atoms with Gasteiger partial charge >= 0.3 is 0 Å². The van der Waals surface area contributed by atoms with Crippen molar-refractivity contribution in [3.05, 3.63) is 72.3 Å². The van der Waals surface area contributed by atoms with E-state index in [1.807, 2.05) is 46.8 Å². The molecule has 0 radical (unpaired) electrons. The topological polar surface area (TPSA) is 92.1 Å². The quantitative estimate of drug-likeness (QED) is 0.380. The van der Waals surface area contributed by atoms with Gasteiger partial charge in [0.25, 0.3) is 11.8 Å². The fraction of sp³-hybridized carbons (Fsp3) is 0.241. The Hall–Kier alpha value is -4.53. The van der Waals surface area contributed by atoms with Crippen LogP contribution < -0.4 is 10.6 Å². The van der Waals surface area contributed by atoms with Crippen molar-refractivity contribution in [2.75, 3.05) is 30.3 Å². The number of halogens is 1. The van der Waals surface area contributed by atoms with Gasteiger partial charge in [0.2, 0.25) is 0 Å². The number of fused-ring (bicyclic) bond motifs is 2. The predicted octanol–water partition coefficient (Wildman–Crippen LogP) is 4.93. The Kier molecular flexibility index (Phi) is 5.90. The summed E-state index contributed by atoms with van der Waals surface area (Å²) in [5.41, 5.74) is 6.87. The van der Waals surface area contributed by atoms with Gasteiger partial charge in [-0.15, -0.1) is 0 Å². The zero-order chi connectivity index (χ0) is 26.4. The molecule has 4 aromatic rings. The van der Waals surface area contributed by atoms with Crippen LogP contribution in [0.25, 0.3) is 33.4 Å². The number of likely N-dealkylation sites (tertiary alicyclic amines) is 1. The third kappa shape index (κ3) is 4.00. The van der Waals surface area contributed by atoms with Crippen molar-refractivity contribution in [2.24, 2.45) is 7.05 Å². The van der Waals surface area contributed by atoms with Crippen LogP contribution in [0.5, 0.6) is 0 Å². The molecule has 0 atom stereocenters. The minimum absolute atomic E-state index is 0.0797. The second-order valence-electron chi connectivity index (χ2n) is 9.69. The fourth-order valence-corrected chi connectivity index (χ4v) is 5.49. The van der Waals surface area contributed by atoms with Gasteiger partial charge in [-0.05, 0) is 60.2 Å². The Labute approximate surface area is 219 Å². The summed E-state index contributed by atoms with van der Waals surface area (Å²) >= 11 is 0. The number of nitrogens with one attached hydrogen (secondary N) is 2. The summed E-state index contributed by atoms with van der Waals surface area (Å²) in [6, 6.07) is 13.2. The van der Waals surface area contributed by atoms with Crippen LogP contribution in [-0.2, 0) is 18.3 Å². The summed E-state index contributed by atoms with van der Waals surface area (Å²) in [5.74, 6) is -1.07. The van der Waals surface area contributed by atoms with Gasteiger partial charge in [0.05, 0.1) is 11.1 Å².